The average Bonchev–Trinajstić information content (AvgIpc) is 3.76. The first-order valence-corrected chi connectivity index (χ1v) is 21.3. The van der Waals surface area contributed by atoms with E-state index < -0.39 is 102 Å². The summed E-state index contributed by atoms with van der Waals surface area (Å²) in [7, 11) is 0. The molecule has 1 aliphatic rings. The molecule has 2 heterocycles. The number of hydrogen-bond acceptors (Lipinski definition) is 11. The molecule has 0 saturated carbocycles. The maximum absolute atomic E-state index is 14.3. The van der Waals surface area contributed by atoms with E-state index in [1.165, 1.54) is 19.4 Å². The van der Waals surface area contributed by atoms with Crippen LogP contribution in [0.5, 0.6) is 0 Å². The number of guanidine groups is 1. The molecule has 1 saturated heterocycles. The van der Waals surface area contributed by atoms with Crippen molar-refractivity contribution in [3.63, 3.8) is 0 Å². The Kier molecular flexibility index (Phi) is 21.7. The molecule has 1 aromatic carbocycles. The summed E-state index contributed by atoms with van der Waals surface area (Å²) in [4.78, 5) is 127. The van der Waals surface area contributed by atoms with Crippen molar-refractivity contribution in [2.45, 2.75) is 121 Å². The van der Waals surface area contributed by atoms with Gasteiger partial charge in [-0.2, -0.15) is 0 Å². The van der Waals surface area contributed by atoms with Gasteiger partial charge in [-0.3, -0.25) is 48.6 Å². The summed E-state index contributed by atoms with van der Waals surface area (Å²) in [5, 5.41) is 30.7. The number of H-pyrrole nitrogens is 1. The van der Waals surface area contributed by atoms with Crippen LogP contribution in [0.15, 0.2) is 42.9 Å². The minimum atomic E-state index is -1.61. The second kappa shape index (κ2) is 27.1. The Morgan fingerprint density at radius 2 is 1.53 bits per heavy atom. The Bertz CT molecular complexity index is 1910. The summed E-state index contributed by atoms with van der Waals surface area (Å²) in [6.07, 6.45) is 4.35. The van der Waals surface area contributed by atoms with Gasteiger partial charge < -0.3 is 64.3 Å². The van der Waals surface area contributed by atoms with E-state index in [0.29, 0.717) is 36.9 Å². The lowest BCUT2D eigenvalue weighted by Gasteiger charge is -2.27. The lowest BCUT2D eigenvalue weighted by Crippen LogP contribution is -2.60. The number of hydrogen-bond donors (Lipinski definition) is 13. The lowest BCUT2D eigenvalue weighted by atomic mass is 10.0. The third-order valence-corrected chi connectivity index (χ3v) is 10.0. The van der Waals surface area contributed by atoms with E-state index in [0.717, 1.165) is 0 Å². The van der Waals surface area contributed by atoms with Crippen molar-refractivity contribution < 1.29 is 43.2 Å². The minimum Gasteiger partial charge on any atom is -0.370 e. The molecule has 350 valence electrons. The first-order valence-electron chi connectivity index (χ1n) is 21.3. The zero-order chi connectivity index (χ0) is 47.0. The summed E-state index contributed by atoms with van der Waals surface area (Å²) in [6.45, 7) is 2.80. The number of benzene rings is 1. The van der Waals surface area contributed by atoms with Crippen LogP contribution >= 0.6 is 0 Å². The molecule has 0 aliphatic carbocycles. The molecule has 0 unspecified atom stereocenters. The molecule has 6 atom stereocenters. The fraction of sp³-hybridized carbons (Fsp3) is 0.537. The van der Waals surface area contributed by atoms with E-state index in [4.69, 9.17) is 16.9 Å². The molecule has 0 bridgehead atoms. The Hall–Kier alpha value is -7.07. The smallest absolute Gasteiger partial charge is 0.243 e. The number of imidazole rings is 1. The number of aromatic amines is 1. The molecule has 0 spiro atoms. The summed E-state index contributed by atoms with van der Waals surface area (Å²) in [6, 6.07) is 0.937. The molecule has 2 aromatic rings. The number of unbranched alkanes of at least 4 members (excludes halogenated alkanes) is 1. The van der Waals surface area contributed by atoms with Gasteiger partial charge in [-0.25, -0.2) is 4.98 Å². The van der Waals surface area contributed by atoms with Gasteiger partial charge in [-0.1, -0.05) is 50.1 Å². The van der Waals surface area contributed by atoms with Gasteiger partial charge in [0.25, 0.3) is 0 Å². The molecule has 1 aliphatic heterocycles. The molecular weight excluding hydrogens is 833 g/mol. The van der Waals surface area contributed by atoms with E-state index in [1.807, 2.05) is 6.92 Å². The fourth-order valence-electron chi connectivity index (χ4n) is 6.68. The van der Waals surface area contributed by atoms with Crippen molar-refractivity contribution >= 4 is 59.1 Å². The number of carbonyl (C=O) groups is 9. The summed E-state index contributed by atoms with van der Waals surface area (Å²) in [5.74, 6) is -7.12. The number of nitrogens with one attached hydrogen (secondary N) is 11. The van der Waals surface area contributed by atoms with Crippen LogP contribution < -0.4 is 59.3 Å². The SMILES string of the molecule is CCCC[C@H]1NC(=O)[C@@H](Cc2ccccc2)NC(=O)[C@H](Cc2c[nH]cn2)NC(=O)[C@@H](NC(=O)[C@H](CCCNC(=N)N)NC(C)=O)CC(=O)NCCCC[C@@H](C(N)=O)NC(=O)CNC1=O. The first kappa shape index (κ1) is 51.3. The van der Waals surface area contributed by atoms with Crippen molar-refractivity contribution in [2.24, 2.45) is 11.5 Å². The summed E-state index contributed by atoms with van der Waals surface area (Å²) < 4.78 is 0. The Balaban J connectivity index is 2.04. The molecule has 23 nitrogen and oxygen atoms in total. The second-order valence-electron chi connectivity index (χ2n) is 15.4. The zero-order valence-corrected chi connectivity index (χ0v) is 36.2. The number of amides is 9. The van der Waals surface area contributed by atoms with E-state index in [2.05, 4.69) is 57.8 Å². The molecule has 23 heteroatoms. The fourth-order valence-corrected chi connectivity index (χ4v) is 6.68. The molecule has 1 fully saturated rings. The van der Waals surface area contributed by atoms with Gasteiger partial charge in [0, 0.05) is 39.1 Å². The Morgan fingerprint density at radius 1 is 0.844 bits per heavy atom. The predicted octanol–water partition coefficient (Wildman–Crippen LogP) is -3.13. The van der Waals surface area contributed by atoms with E-state index in [9.17, 15) is 43.2 Å². The lowest BCUT2D eigenvalue weighted by molar-refractivity contribution is -0.136. The molecule has 3 rings (SSSR count). The highest BCUT2D eigenvalue weighted by molar-refractivity contribution is 5.98. The normalized spacial score (nSPS) is 21.6. The van der Waals surface area contributed by atoms with E-state index in [-0.39, 0.29) is 57.6 Å². The number of primary amides is 1. The predicted molar refractivity (Wildman–Crippen MR) is 232 cm³/mol. The van der Waals surface area contributed by atoms with Crippen LogP contribution in [0.4, 0.5) is 0 Å². The van der Waals surface area contributed by atoms with Crippen LogP contribution in [0.2, 0.25) is 0 Å². The zero-order valence-electron chi connectivity index (χ0n) is 36.2. The van der Waals surface area contributed by atoms with Gasteiger partial charge in [0.15, 0.2) is 5.96 Å². The highest BCUT2D eigenvalue weighted by Crippen LogP contribution is 2.10. The molecule has 64 heavy (non-hydrogen) atoms. The number of aromatic nitrogens is 2. The molecule has 1 aromatic heterocycles. The van der Waals surface area contributed by atoms with Crippen LogP contribution in [-0.4, -0.2) is 125 Å². The van der Waals surface area contributed by atoms with Crippen molar-refractivity contribution in [1.82, 2.24) is 57.8 Å². The highest BCUT2D eigenvalue weighted by Gasteiger charge is 2.34. The van der Waals surface area contributed by atoms with Gasteiger partial charge in [0.1, 0.15) is 36.3 Å². The average molecular weight is 895 g/mol. The molecule has 9 amide bonds. The maximum Gasteiger partial charge on any atom is 0.243 e. The second-order valence-corrected chi connectivity index (χ2v) is 15.4. The van der Waals surface area contributed by atoms with Crippen molar-refractivity contribution in [2.75, 3.05) is 19.6 Å². The molecule has 0 radical (unpaired) electrons. The number of carbonyl (C=O) groups excluding carboxylic acids is 9. The van der Waals surface area contributed by atoms with Crippen molar-refractivity contribution in [3.05, 3.63) is 54.1 Å². The first-order chi connectivity index (χ1) is 30.6. The third-order valence-electron chi connectivity index (χ3n) is 10.0. The molecule has 15 N–H and O–H groups in total. The van der Waals surface area contributed by atoms with Gasteiger partial charge >= 0.3 is 0 Å². The van der Waals surface area contributed by atoms with Crippen molar-refractivity contribution in [1.29, 1.82) is 5.41 Å². The standard InChI is InChI=1S/C41H62N14O9/c1-3-4-13-28-36(60)48-22-34(58)51-27(35(42)59)14-8-9-16-46-33(57)20-32(55-37(61)29(50-24(2)56)15-10-17-47-41(43)44)40(64)54-31(19-26-21-45-23-49-26)39(63)53-30(38(62)52-28)18-25-11-6-5-7-12-25/h5-7,11-12,21,23,27-32H,3-4,8-10,13-20,22H2,1-2H3,(H2,42,59)(H,45,49)(H,46,57)(H,48,60)(H,50,56)(H,51,58)(H,52,62)(H,53,63)(H,54,64)(H,55,61)(H4,43,44,47)/t27-,28+,29-,30+,31-,32-/m0/s1. The largest absolute Gasteiger partial charge is 0.370 e. The Labute approximate surface area is 370 Å². The quantitative estimate of drug-likeness (QED) is 0.0480. The van der Waals surface area contributed by atoms with E-state index >= 15 is 0 Å². The van der Waals surface area contributed by atoms with Crippen LogP contribution in [0.3, 0.4) is 0 Å². The van der Waals surface area contributed by atoms with Crippen LogP contribution in [-0.2, 0) is 56.0 Å². The highest BCUT2D eigenvalue weighted by atomic mass is 16.2. The van der Waals surface area contributed by atoms with Crippen LogP contribution in [0.1, 0.15) is 82.9 Å². The van der Waals surface area contributed by atoms with Crippen molar-refractivity contribution in [3.8, 4) is 0 Å². The number of rotatable bonds is 15. The molecular formula is C41H62N14O9. The summed E-state index contributed by atoms with van der Waals surface area (Å²) in [5.41, 5.74) is 11.9. The summed E-state index contributed by atoms with van der Waals surface area (Å²) >= 11 is 0. The van der Waals surface area contributed by atoms with Gasteiger partial charge in [0.05, 0.1) is 25.0 Å². The Morgan fingerprint density at radius 3 is 2.17 bits per heavy atom. The van der Waals surface area contributed by atoms with Gasteiger partial charge in [-0.05, 0) is 44.1 Å². The maximum atomic E-state index is 14.3. The van der Waals surface area contributed by atoms with Crippen LogP contribution in [0.25, 0.3) is 0 Å². The third kappa shape index (κ3) is 18.9. The number of nitrogens with two attached hydrogens (primary N) is 2. The topological polar surface area (TPSA) is 366 Å². The van der Waals surface area contributed by atoms with E-state index in [1.54, 1.807) is 30.3 Å². The van der Waals surface area contributed by atoms with Gasteiger partial charge in [0.2, 0.25) is 53.2 Å². The monoisotopic (exact) mass is 894 g/mol. The number of nitrogens with zero attached hydrogens (tertiary/aromatic N) is 1. The van der Waals surface area contributed by atoms with Gasteiger partial charge in [-0.15, -0.1) is 0 Å². The van der Waals surface area contributed by atoms with Crippen LogP contribution in [0, 0.1) is 5.41 Å². The minimum absolute atomic E-state index is 0.0498.